The van der Waals surface area contributed by atoms with Crippen LogP contribution in [-0.2, 0) is 0 Å². The number of hydrogen-bond acceptors (Lipinski definition) is 2. The first kappa shape index (κ1) is 18.3. The number of rotatable bonds is 4. The Morgan fingerprint density at radius 2 is 1.30 bits per heavy atom. The Morgan fingerprint density at radius 1 is 0.741 bits per heavy atom. The summed E-state index contributed by atoms with van der Waals surface area (Å²) in [5.41, 5.74) is 3.49. The van der Waals surface area contributed by atoms with Gasteiger partial charge in [0.15, 0.2) is 0 Å². The van der Waals surface area contributed by atoms with Gasteiger partial charge in [-0.25, -0.2) is 4.39 Å². The Labute approximate surface area is 157 Å². The van der Waals surface area contributed by atoms with Gasteiger partial charge in [0.2, 0.25) is 0 Å². The Morgan fingerprint density at radius 3 is 1.96 bits per heavy atom. The lowest BCUT2D eigenvalue weighted by atomic mass is 10.1. The molecule has 0 radical (unpaired) electrons. The van der Waals surface area contributed by atoms with E-state index in [1.54, 1.807) is 30.3 Å². The molecule has 5 heteroatoms. The number of carbonyl (C=O) groups is 2. The summed E-state index contributed by atoms with van der Waals surface area (Å²) in [4.78, 5) is 25.0. The van der Waals surface area contributed by atoms with Crippen LogP contribution in [0.3, 0.4) is 0 Å². The van der Waals surface area contributed by atoms with Crippen LogP contribution < -0.4 is 10.6 Å². The second-order valence-electron chi connectivity index (χ2n) is 6.22. The molecule has 0 atom stereocenters. The summed E-state index contributed by atoms with van der Waals surface area (Å²) in [6.07, 6.45) is 0. The largest absolute Gasteiger partial charge is 0.322 e. The zero-order chi connectivity index (χ0) is 19.4. The summed E-state index contributed by atoms with van der Waals surface area (Å²) in [6.45, 7) is 3.90. The summed E-state index contributed by atoms with van der Waals surface area (Å²) in [7, 11) is 0. The van der Waals surface area contributed by atoms with Gasteiger partial charge in [0.05, 0.1) is 5.69 Å². The zero-order valence-corrected chi connectivity index (χ0v) is 15.0. The summed E-state index contributed by atoms with van der Waals surface area (Å²) < 4.78 is 13.7. The van der Waals surface area contributed by atoms with Crippen molar-refractivity contribution in [2.24, 2.45) is 0 Å². The predicted molar refractivity (Wildman–Crippen MR) is 105 cm³/mol. The molecule has 3 aromatic rings. The molecular weight excluding hydrogens is 343 g/mol. The highest BCUT2D eigenvalue weighted by Gasteiger charge is 2.13. The van der Waals surface area contributed by atoms with E-state index < -0.39 is 11.7 Å². The molecule has 0 heterocycles. The number of halogens is 1. The van der Waals surface area contributed by atoms with Crippen LogP contribution in [0.25, 0.3) is 0 Å². The van der Waals surface area contributed by atoms with Gasteiger partial charge in [0.1, 0.15) is 5.82 Å². The average molecular weight is 362 g/mol. The standard InChI is InChI=1S/C22H19FN2O2/c1-14-7-5-12-19(15(14)2)24-21(26)16-8-6-9-17(13-16)22(27)25-20-11-4-3-10-18(20)23/h3-13H,1-2H3,(H,24,26)(H,25,27). The van der Waals surface area contributed by atoms with Crippen molar-refractivity contribution in [3.05, 3.63) is 94.8 Å². The van der Waals surface area contributed by atoms with Crippen molar-refractivity contribution in [1.82, 2.24) is 0 Å². The lowest BCUT2D eigenvalue weighted by molar-refractivity contribution is 0.102. The maximum atomic E-state index is 13.7. The number of amides is 2. The third kappa shape index (κ3) is 4.20. The molecule has 0 aromatic heterocycles. The second-order valence-corrected chi connectivity index (χ2v) is 6.22. The fraction of sp³-hybridized carbons (Fsp3) is 0.0909. The molecule has 0 spiro atoms. The van der Waals surface area contributed by atoms with Gasteiger partial charge in [-0.3, -0.25) is 9.59 Å². The van der Waals surface area contributed by atoms with E-state index in [4.69, 9.17) is 0 Å². The highest BCUT2D eigenvalue weighted by atomic mass is 19.1. The summed E-state index contributed by atoms with van der Waals surface area (Å²) in [5, 5.41) is 5.37. The van der Waals surface area contributed by atoms with Crippen molar-refractivity contribution < 1.29 is 14.0 Å². The van der Waals surface area contributed by atoms with Crippen LogP contribution in [0.5, 0.6) is 0 Å². The monoisotopic (exact) mass is 362 g/mol. The van der Waals surface area contributed by atoms with Crippen molar-refractivity contribution in [3.63, 3.8) is 0 Å². The van der Waals surface area contributed by atoms with E-state index in [1.165, 1.54) is 18.2 Å². The van der Waals surface area contributed by atoms with Gasteiger partial charge in [-0.15, -0.1) is 0 Å². The fourth-order valence-electron chi connectivity index (χ4n) is 2.64. The van der Waals surface area contributed by atoms with Gasteiger partial charge in [0, 0.05) is 16.8 Å². The normalized spacial score (nSPS) is 10.3. The van der Waals surface area contributed by atoms with Crippen molar-refractivity contribution in [2.45, 2.75) is 13.8 Å². The number of hydrogen-bond donors (Lipinski definition) is 2. The first-order valence-corrected chi connectivity index (χ1v) is 8.49. The van der Waals surface area contributed by atoms with E-state index in [9.17, 15) is 14.0 Å². The van der Waals surface area contributed by atoms with Crippen LogP contribution in [0.15, 0.2) is 66.7 Å². The summed E-state index contributed by atoms with van der Waals surface area (Å²) in [5.74, 6) is -1.32. The molecule has 4 nitrogen and oxygen atoms in total. The molecule has 136 valence electrons. The van der Waals surface area contributed by atoms with Crippen LogP contribution in [0, 0.1) is 19.7 Å². The fourth-order valence-corrected chi connectivity index (χ4v) is 2.64. The van der Waals surface area contributed by atoms with Crippen LogP contribution in [0.2, 0.25) is 0 Å². The molecule has 27 heavy (non-hydrogen) atoms. The van der Waals surface area contributed by atoms with Crippen LogP contribution >= 0.6 is 0 Å². The van der Waals surface area contributed by atoms with Crippen molar-refractivity contribution in [2.75, 3.05) is 10.6 Å². The minimum Gasteiger partial charge on any atom is -0.322 e. The minimum atomic E-state index is -0.519. The molecule has 0 saturated carbocycles. The first-order valence-electron chi connectivity index (χ1n) is 8.49. The van der Waals surface area contributed by atoms with Crippen molar-refractivity contribution in [3.8, 4) is 0 Å². The van der Waals surface area contributed by atoms with Crippen molar-refractivity contribution in [1.29, 1.82) is 0 Å². The maximum absolute atomic E-state index is 13.7. The summed E-state index contributed by atoms with van der Waals surface area (Å²) >= 11 is 0. The molecule has 0 aliphatic heterocycles. The number of nitrogens with one attached hydrogen (secondary N) is 2. The molecule has 0 aliphatic carbocycles. The maximum Gasteiger partial charge on any atom is 0.255 e. The SMILES string of the molecule is Cc1cccc(NC(=O)c2cccc(C(=O)Nc3ccccc3F)c2)c1C. The lowest BCUT2D eigenvalue weighted by Crippen LogP contribution is -2.16. The molecule has 3 rings (SSSR count). The molecule has 3 aromatic carbocycles. The topological polar surface area (TPSA) is 58.2 Å². The van der Waals surface area contributed by atoms with E-state index in [2.05, 4.69) is 10.6 Å². The van der Waals surface area contributed by atoms with E-state index in [-0.39, 0.29) is 17.2 Å². The molecular formula is C22H19FN2O2. The van der Waals surface area contributed by atoms with E-state index in [0.29, 0.717) is 5.56 Å². The molecule has 0 fully saturated rings. The Kier molecular flexibility index (Phi) is 5.31. The zero-order valence-electron chi connectivity index (χ0n) is 15.0. The quantitative estimate of drug-likeness (QED) is 0.690. The van der Waals surface area contributed by atoms with Gasteiger partial charge in [0.25, 0.3) is 11.8 Å². The van der Waals surface area contributed by atoms with Crippen LogP contribution in [0.4, 0.5) is 15.8 Å². The number of anilines is 2. The Balaban J connectivity index is 1.78. The Hall–Kier alpha value is -3.47. The van der Waals surface area contributed by atoms with Gasteiger partial charge < -0.3 is 10.6 Å². The molecule has 0 bridgehead atoms. The number of benzene rings is 3. The molecule has 0 aliphatic rings. The van der Waals surface area contributed by atoms with Gasteiger partial charge in [-0.1, -0.05) is 30.3 Å². The van der Waals surface area contributed by atoms with E-state index in [0.717, 1.165) is 16.8 Å². The van der Waals surface area contributed by atoms with Gasteiger partial charge >= 0.3 is 0 Å². The lowest BCUT2D eigenvalue weighted by Gasteiger charge is -2.11. The third-order valence-electron chi connectivity index (χ3n) is 4.36. The minimum absolute atomic E-state index is 0.0905. The van der Waals surface area contributed by atoms with Gasteiger partial charge in [-0.05, 0) is 61.4 Å². The summed E-state index contributed by atoms with van der Waals surface area (Å²) in [6, 6.07) is 17.9. The molecule has 2 N–H and O–H groups in total. The highest BCUT2D eigenvalue weighted by Crippen LogP contribution is 2.19. The smallest absolute Gasteiger partial charge is 0.255 e. The third-order valence-corrected chi connectivity index (χ3v) is 4.36. The number of para-hydroxylation sites is 1. The number of carbonyl (C=O) groups excluding carboxylic acids is 2. The van der Waals surface area contributed by atoms with Gasteiger partial charge in [-0.2, -0.15) is 0 Å². The van der Waals surface area contributed by atoms with E-state index in [1.807, 2.05) is 32.0 Å². The highest BCUT2D eigenvalue weighted by molar-refractivity contribution is 6.09. The van der Waals surface area contributed by atoms with Crippen LogP contribution in [-0.4, -0.2) is 11.8 Å². The van der Waals surface area contributed by atoms with E-state index >= 15 is 0 Å². The number of aryl methyl sites for hydroxylation is 1. The van der Waals surface area contributed by atoms with Crippen molar-refractivity contribution >= 4 is 23.2 Å². The molecule has 0 saturated heterocycles. The van der Waals surface area contributed by atoms with Crippen LogP contribution in [0.1, 0.15) is 31.8 Å². The average Bonchev–Trinajstić information content (AvgIpc) is 2.67. The molecule has 2 amide bonds. The first-order chi connectivity index (χ1) is 13.0. The molecule has 0 unspecified atom stereocenters. The Bertz CT molecular complexity index is 1010. The second kappa shape index (κ2) is 7.83. The predicted octanol–water partition coefficient (Wildman–Crippen LogP) is 4.95.